The van der Waals surface area contributed by atoms with Gasteiger partial charge in [-0.15, -0.1) is 0 Å². The van der Waals surface area contributed by atoms with Gasteiger partial charge in [-0.05, 0) is 42.4 Å². The van der Waals surface area contributed by atoms with Gasteiger partial charge in [0.15, 0.2) is 0 Å². The van der Waals surface area contributed by atoms with Crippen molar-refractivity contribution in [1.29, 1.82) is 0 Å². The molecule has 92 valence electrons. The number of fused-ring (bicyclic) bond motifs is 1. The van der Waals surface area contributed by atoms with Crippen molar-refractivity contribution in [3.8, 4) is 0 Å². The monoisotopic (exact) mass is 269 g/mol. The van der Waals surface area contributed by atoms with Crippen LogP contribution in [0.3, 0.4) is 0 Å². The third-order valence-corrected chi connectivity index (χ3v) is 5.07. The highest BCUT2D eigenvalue weighted by Gasteiger charge is 2.61. The Balaban J connectivity index is 1.88. The first-order valence-corrected chi connectivity index (χ1v) is 7.02. The molecule has 1 heterocycles. The number of piperidine rings is 1. The minimum atomic E-state index is 0.198. The normalized spacial score (nSPS) is 35.1. The van der Waals surface area contributed by atoms with Gasteiger partial charge in [-0.1, -0.05) is 43.1 Å². The molecule has 0 bridgehead atoms. The number of benzene rings is 1. The zero-order valence-corrected chi connectivity index (χ0v) is 11.6. The summed E-state index contributed by atoms with van der Waals surface area (Å²) in [6.07, 6.45) is 2.53. The molecule has 3 heteroatoms. The van der Waals surface area contributed by atoms with Crippen LogP contribution in [0.4, 0.5) is 0 Å². The van der Waals surface area contributed by atoms with Crippen LogP contribution >= 0.6 is 23.2 Å². The highest BCUT2D eigenvalue weighted by molar-refractivity contribution is 6.42. The first-order valence-electron chi connectivity index (χ1n) is 6.26. The van der Waals surface area contributed by atoms with Crippen LogP contribution in [0, 0.1) is 11.8 Å². The predicted octanol–water partition coefficient (Wildman–Crippen LogP) is 4.23. The maximum Gasteiger partial charge on any atom is 0.0595 e. The molecule has 2 fully saturated rings. The summed E-state index contributed by atoms with van der Waals surface area (Å²) in [5.74, 6) is 1.48. The summed E-state index contributed by atoms with van der Waals surface area (Å²) in [5, 5.41) is 5.11. The molecule has 0 radical (unpaired) electrons. The standard InChI is InChI=1S/C14H17Cl2N/c1-8(2)13-6-10-7-14(10,17-13)9-3-4-11(15)12(16)5-9/h3-5,8,10,13,17H,6-7H2,1-2H3/t10-,13?,14-/m1/s1. The molecule has 17 heavy (non-hydrogen) atoms. The summed E-state index contributed by atoms with van der Waals surface area (Å²) in [6, 6.07) is 6.69. The average Bonchev–Trinajstić information content (AvgIpc) is 2.85. The van der Waals surface area contributed by atoms with Gasteiger partial charge in [0, 0.05) is 11.6 Å². The van der Waals surface area contributed by atoms with E-state index in [0.717, 1.165) is 5.92 Å². The lowest BCUT2D eigenvalue weighted by Gasteiger charge is -2.22. The zero-order chi connectivity index (χ0) is 12.2. The molecule has 0 amide bonds. The van der Waals surface area contributed by atoms with E-state index in [1.54, 1.807) is 0 Å². The molecule has 1 nitrogen and oxygen atoms in total. The Bertz CT molecular complexity index is 458. The smallest absolute Gasteiger partial charge is 0.0595 e. The number of hydrogen-bond donors (Lipinski definition) is 1. The Kier molecular flexibility index (Phi) is 2.70. The fraction of sp³-hybridized carbons (Fsp3) is 0.571. The van der Waals surface area contributed by atoms with Crippen LogP contribution in [0.15, 0.2) is 18.2 Å². The third-order valence-electron chi connectivity index (χ3n) is 4.33. The summed E-state index contributed by atoms with van der Waals surface area (Å²) >= 11 is 12.1. The second-order valence-corrected chi connectivity index (χ2v) is 6.55. The van der Waals surface area contributed by atoms with E-state index in [9.17, 15) is 0 Å². The fourth-order valence-electron chi connectivity index (χ4n) is 3.14. The predicted molar refractivity (Wildman–Crippen MR) is 72.6 cm³/mol. The van der Waals surface area contributed by atoms with Gasteiger partial charge in [0.2, 0.25) is 0 Å². The molecule has 1 N–H and O–H groups in total. The number of halogens is 2. The molecule has 2 aliphatic rings. The van der Waals surface area contributed by atoms with Crippen LogP contribution in [0.25, 0.3) is 0 Å². The van der Waals surface area contributed by atoms with Crippen LogP contribution in [0.5, 0.6) is 0 Å². The summed E-state index contributed by atoms with van der Waals surface area (Å²) in [5.41, 5.74) is 1.50. The molecule has 1 saturated carbocycles. The largest absolute Gasteiger partial charge is 0.304 e. The van der Waals surface area contributed by atoms with Crippen LogP contribution in [-0.2, 0) is 5.54 Å². The summed E-state index contributed by atoms with van der Waals surface area (Å²) in [6.45, 7) is 4.57. The van der Waals surface area contributed by atoms with E-state index >= 15 is 0 Å². The van der Waals surface area contributed by atoms with E-state index in [0.29, 0.717) is 22.0 Å². The maximum atomic E-state index is 6.11. The van der Waals surface area contributed by atoms with Crippen molar-refractivity contribution in [2.75, 3.05) is 0 Å². The van der Waals surface area contributed by atoms with Crippen molar-refractivity contribution in [1.82, 2.24) is 5.32 Å². The molecule has 1 aromatic carbocycles. The van der Waals surface area contributed by atoms with Gasteiger partial charge in [0.1, 0.15) is 0 Å². The molecule has 1 aromatic rings. The minimum Gasteiger partial charge on any atom is -0.304 e. The Morgan fingerprint density at radius 1 is 1.29 bits per heavy atom. The number of hydrogen-bond acceptors (Lipinski definition) is 1. The van der Waals surface area contributed by atoms with E-state index in [-0.39, 0.29) is 5.54 Å². The van der Waals surface area contributed by atoms with Crippen molar-refractivity contribution >= 4 is 23.2 Å². The topological polar surface area (TPSA) is 12.0 Å². The SMILES string of the molecule is CC(C)C1C[C@@H]2C[C@]2(c2ccc(Cl)c(Cl)c2)N1. The molecular formula is C14H17Cl2N. The lowest BCUT2D eigenvalue weighted by molar-refractivity contribution is 0.385. The van der Waals surface area contributed by atoms with E-state index in [2.05, 4.69) is 25.2 Å². The molecule has 1 unspecified atom stereocenters. The first-order chi connectivity index (χ1) is 8.03. The van der Waals surface area contributed by atoms with Gasteiger partial charge >= 0.3 is 0 Å². The third kappa shape index (κ3) is 1.80. The van der Waals surface area contributed by atoms with Crippen molar-refractivity contribution in [3.63, 3.8) is 0 Å². The quantitative estimate of drug-likeness (QED) is 0.848. The Hall–Kier alpha value is -0.240. The lowest BCUT2D eigenvalue weighted by atomic mass is 10.0. The van der Waals surface area contributed by atoms with Crippen LogP contribution in [-0.4, -0.2) is 6.04 Å². The van der Waals surface area contributed by atoms with E-state index < -0.39 is 0 Å². The maximum absolute atomic E-state index is 6.11. The molecule has 3 rings (SSSR count). The Labute approximate surface area is 112 Å². The number of rotatable bonds is 2. The Morgan fingerprint density at radius 2 is 2.06 bits per heavy atom. The average molecular weight is 270 g/mol. The van der Waals surface area contributed by atoms with Crippen LogP contribution in [0.1, 0.15) is 32.3 Å². The van der Waals surface area contributed by atoms with E-state index in [1.165, 1.54) is 18.4 Å². The van der Waals surface area contributed by atoms with Gasteiger partial charge in [0.05, 0.1) is 10.0 Å². The summed E-state index contributed by atoms with van der Waals surface area (Å²) in [4.78, 5) is 0. The van der Waals surface area contributed by atoms with Gasteiger partial charge in [-0.3, -0.25) is 0 Å². The summed E-state index contributed by atoms with van der Waals surface area (Å²) < 4.78 is 0. The van der Waals surface area contributed by atoms with E-state index in [4.69, 9.17) is 23.2 Å². The molecule has 1 aliphatic heterocycles. The van der Waals surface area contributed by atoms with Gasteiger partial charge in [-0.2, -0.15) is 0 Å². The lowest BCUT2D eigenvalue weighted by Crippen LogP contribution is -2.36. The molecule has 1 aliphatic carbocycles. The fourth-order valence-corrected chi connectivity index (χ4v) is 3.43. The second kappa shape index (κ2) is 3.88. The van der Waals surface area contributed by atoms with Crippen molar-refractivity contribution < 1.29 is 0 Å². The Morgan fingerprint density at radius 3 is 2.65 bits per heavy atom. The zero-order valence-electron chi connectivity index (χ0n) is 10.1. The van der Waals surface area contributed by atoms with E-state index in [1.807, 2.05) is 12.1 Å². The molecular weight excluding hydrogens is 253 g/mol. The summed E-state index contributed by atoms with van der Waals surface area (Å²) in [7, 11) is 0. The first kappa shape index (κ1) is 11.8. The van der Waals surface area contributed by atoms with Crippen LogP contribution in [0.2, 0.25) is 10.0 Å². The number of nitrogens with one attached hydrogen (secondary N) is 1. The van der Waals surface area contributed by atoms with Crippen LogP contribution < -0.4 is 5.32 Å². The molecule has 0 aromatic heterocycles. The van der Waals surface area contributed by atoms with Crippen molar-refractivity contribution in [2.24, 2.45) is 11.8 Å². The second-order valence-electron chi connectivity index (χ2n) is 5.73. The minimum absolute atomic E-state index is 0.198. The van der Waals surface area contributed by atoms with Crippen molar-refractivity contribution in [3.05, 3.63) is 33.8 Å². The van der Waals surface area contributed by atoms with Gasteiger partial charge in [-0.25, -0.2) is 0 Å². The van der Waals surface area contributed by atoms with Gasteiger partial charge in [0.25, 0.3) is 0 Å². The highest BCUT2D eigenvalue weighted by Crippen LogP contribution is 2.59. The molecule has 0 spiro atoms. The van der Waals surface area contributed by atoms with Gasteiger partial charge < -0.3 is 5.32 Å². The highest BCUT2D eigenvalue weighted by atomic mass is 35.5. The molecule has 3 atom stereocenters. The van der Waals surface area contributed by atoms with Crippen molar-refractivity contribution in [2.45, 2.75) is 38.3 Å². The molecule has 1 saturated heterocycles.